The highest BCUT2D eigenvalue weighted by molar-refractivity contribution is 5.90. The van der Waals surface area contributed by atoms with Crippen molar-refractivity contribution < 1.29 is 28.6 Å². The first-order valence-corrected chi connectivity index (χ1v) is 10.0. The van der Waals surface area contributed by atoms with Gasteiger partial charge in [0, 0.05) is 19.0 Å². The molecule has 10 heteroatoms. The first-order valence-electron chi connectivity index (χ1n) is 10.0. The van der Waals surface area contributed by atoms with Crippen LogP contribution in [0.4, 0.5) is 14.9 Å². The molecule has 2 aromatic rings. The van der Waals surface area contributed by atoms with Crippen molar-refractivity contribution in [2.24, 2.45) is 5.73 Å². The van der Waals surface area contributed by atoms with Gasteiger partial charge in [0.15, 0.2) is 0 Å². The van der Waals surface area contributed by atoms with Crippen molar-refractivity contribution in [1.29, 1.82) is 0 Å². The maximum Gasteiger partial charge on any atom is 0.414 e. The smallest absolute Gasteiger partial charge is 0.414 e. The number of cyclic esters (lactones) is 1. The van der Waals surface area contributed by atoms with Crippen LogP contribution in [0.25, 0.3) is 11.1 Å². The monoisotopic (exact) mass is 444 g/mol. The fraction of sp³-hybridized carbons (Fsp3) is 0.318. The van der Waals surface area contributed by atoms with Crippen LogP contribution in [0, 0.1) is 5.82 Å². The molecule has 1 saturated heterocycles. The number of halogens is 1. The Bertz CT molecular complexity index is 998. The summed E-state index contributed by atoms with van der Waals surface area (Å²) in [6, 6.07) is 10.7. The minimum atomic E-state index is -0.838. The summed E-state index contributed by atoms with van der Waals surface area (Å²) in [7, 11) is 0. The van der Waals surface area contributed by atoms with E-state index >= 15 is 0 Å². The highest BCUT2D eigenvalue weighted by Crippen LogP contribution is 2.29. The summed E-state index contributed by atoms with van der Waals surface area (Å²) in [5.41, 5.74) is 7.37. The highest BCUT2D eigenvalue weighted by atomic mass is 19.1. The molecule has 5 N–H and O–H groups in total. The lowest BCUT2D eigenvalue weighted by Crippen LogP contribution is -2.43. The number of hydrogen-bond acceptors (Lipinski definition) is 6. The molecule has 0 unspecified atom stereocenters. The van der Waals surface area contributed by atoms with Gasteiger partial charge in [-0.25, -0.2) is 9.18 Å². The first kappa shape index (κ1) is 23.2. The number of anilines is 1. The van der Waals surface area contributed by atoms with Crippen LogP contribution in [0.3, 0.4) is 0 Å². The topological polar surface area (TPSA) is 134 Å². The molecule has 0 spiro atoms. The van der Waals surface area contributed by atoms with Crippen LogP contribution in [0.1, 0.15) is 12.5 Å². The Hall–Kier alpha value is -3.50. The first-order chi connectivity index (χ1) is 15.3. The SMILES string of the molecule is CC(=O)NC[C@H]1CN(c2ccc(-c3ccc(CN[C@H](CO)C(N)=O)cc3)c(F)c2)C(=O)O1. The molecule has 0 aliphatic carbocycles. The van der Waals surface area contributed by atoms with E-state index in [2.05, 4.69) is 10.6 Å². The third kappa shape index (κ3) is 5.59. The molecule has 2 aromatic carbocycles. The van der Waals surface area contributed by atoms with Gasteiger partial charge in [0.25, 0.3) is 0 Å². The van der Waals surface area contributed by atoms with Crippen LogP contribution < -0.4 is 21.3 Å². The van der Waals surface area contributed by atoms with E-state index in [4.69, 9.17) is 15.6 Å². The number of benzene rings is 2. The molecule has 3 rings (SSSR count). The van der Waals surface area contributed by atoms with Crippen molar-refractivity contribution in [2.45, 2.75) is 25.6 Å². The molecule has 170 valence electrons. The third-order valence-electron chi connectivity index (χ3n) is 5.06. The number of ether oxygens (including phenoxy) is 1. The largest absolute Gasteiger partial charge is 0.442 e. The van der Waals surface area contributed by atoms with E-state index < -0.39 is 36.6 Å². The third-order valence-corrected chi connectivity index (χ3v) is 5.06. The molecule has 1 aliphatic rings. The second-order valence-electron chi connectivity index (χ2n) is 7.43. The molecule has 9 nitrogen and oxygen atoms in total. The maximum atomic E-state index is 14.8. The van der Waals surface area contributed by atoms with E-state index in [1.165, 1.54) is 17.9 Å². The molecule has 0 saturated carbocycles. The van der Waals surface area contributed by atoms with E-state index in [9.17, 15) is 18.8 Å². The molecule has 1 aliphatic heterocycles. The van der Waals surface area contributed by atoms with Gasteiger partial charge in [0.2, 0.25) is 11.8 Å². The van der Waals surface area contributed by atoms with Crippen molar-refractivity contribution in [3.8, 4) is 11.1 Å². The van der Waals surface area contributed by atoms with Gasteiger partial charge in [-0.05, 0) is 29.3 Å². The van der Waals surface area contributed by atoms with Gasteiger partial charge in [0.05, 0.1) is 25.4 Å². The Morgan fingerprint density at radius 1 is 1.28 bits per heavy atom. The Labute approximate surface area is 184 Å². The summed E-state index contributed by atoms with van der Waals surface area (Å²) in [5.74, 6) is -1.37. The quantitative estimate of drug-likeness (QED) is 0.454. The Kier molecular flexibility index (Phi) is 7.39. The fourth-order valence-electron chi connectivity index (χ4n) is 3.30. The zero-order valence-corrected chi connectivity index (χ0v) is 17.5. The van der Waals surface area contributed by atoms with Gasteiger partial charge in [-0.3, -0.25) is 19.8 Å². The fourth-order valence-corrected chi connectivity index (χ4v) is 3.30. The number of primary amides is 1. The highest BCUT2D eigenvalue weighted by Gasteiger charge is 2.32. The number of carbonyl (C=O) groups excluding carboxylic acids is 3. The molecule has 1 fully saturated rings. The predicted octanol–water partition coefficient (Wildman–Crippen LogP) is 0.890. The molecule has 0 radical (unpaired) electrons. The number of amides is 3. The van der Waals surface area contributed by atoms with Crippen LogP contribution in [-0.2, 0) is 20.9 Å². The zero-order valence-electron chi connectivity index (χ0n) is 17.5. The molecule has 0 bridgehead atoms. The molecule has 0 aromatic heterocycles. The number of hydrogen-bond donors (Lipinski definition) is 4. The van der Waals surface area contributed by atoms with Crippen molar-refractivity contribution in [3.05, 3.63) is 53.8 Å². The number of aliphatic hydroxyl groups excluding tert-OH is 1. The van der Waals surface area contributed by atoms with Crippen LogP contribution in [0.2, 0.25) is 0 Å². The standard InChI is InChI=1S/C22H25FN4O5/c1-13(29)25-10-17-11-27(22(31)32-17)16-6-7-18(19(23)8-16)15-4-2-14(3-5-15)9-26-20(12-28)21(24)30/h2-8,17,20,26,28H,9-12H2,1H3,(H2,24,30)(H,25,29)/t17-,20+/m0/s1. The van der Waals surface area contributed by atoms with Crippen LogP contribution in [0.15, 0.2) is 42.5 Å². The van der Waals surface area contributed by atoms with Crippen molar-refractivity contribution in [2.75, 3.05) is 24.6 Å². The molecule has 1 heterocycles. The minimum Gasteiger partial charge on any atom is -0.442 e. The second-order valence-corrected chi connectivity index (χ2v) is 7.43. The average molecular weight is 444 g/mol. The van der Waals surface area contributed by atoms with Gasteiger partial charge in [0.1, 0.15) is 18.0 Å². The lowest BCUT2D eigenvalue weighted by atomic mass is 10.0. The second kappa shape index (κ2) is 10.2. The van der Waals surface area contributed by atoms with Gasteiger partial charge in [-0.15, -0.1) is 0 Å². The Morgan fingerprint density at radius 3 is 2.59 bits per heavy atom. The minimum absolute atomic E-state index is 0.192. The number of nitrogens with two attached hydrogens (primary N) is 1. The molecular formula is C22H25FN4O5. The van der Waals surface area contributed by atoms with Crippen LogP contribution >= 0.6 is 0 Å². The average Bonchev–Trinajstić information content (AvgIpc) is 3.13. The normalized spacial score (nSPS) is 16.5. The van der Waals surface area contributed by atoms with Crippen LogP contribution in [-0.4, -0.2) is 54.9 Å². The van der Waals surface area contributed by atoms with Crippen molar-refractivity contribution >= 4 is 23.6 Å². The summed E-state index contributed by atoms with van der Waals surface area (Å²) in [4.78, 5) is 35.6. The van der Waals surface area contributed by atoms with E-state index in [-0.39, 0.29) is 19.0 Å². The lowest BCUT2D eigenvalue weighted by Gasteiger charge is -2.15. The number of carbonyl (C=O) groups is 3. The summed E-state index contributed by atoms with van der Waals surface area (Å²) in [6.45, 7) is 1.69. The van der Waals surface area contributed by atoms with Crippen molar-refractivity contribution in [1.82, 2.24) is 10.6 Å². The maximum absolute atomic E-state index is 14.8. The van der Waals surface area contributed by atoms with Gasteiger partial charge < -0.3 is 20.9 Å². The van der Waals surface area contributed by atoms with E-state index in [1.54, 1.807) is 36.4 Å². The molecular weight excluding hydrogens is 419 g/mol. The lowest BCUT2D eigenvalue weighted by molar-refractivity contribution is -0.121. The predicted molar refractivity (Wildman–Crippen MR) is 115 cm³/mol. The Morgan fingerprint density at radius 2 is 2.00 bits per heavy atom. The van der Waals surface area contributed by atoms with Gasteiger partial charge in [-0.1, -0.05) is 24.3 Å². The van der Waals surface area contributed by atoms with Crippen molar-refractivity contribution in [3.63, 3.8) is 0 Å². The van der Waals surface area contributed by atoms with Gasteiger partial charge >= 0.3 is 6.09 Å². The summed E-state index contributed by atoms with van der Waals surface area (Å²) in [6.07, 6.45) is -1.10. The van der Waals surface area contributed by atoms with E-state index in [0.717, 1.165) is 5.56 Å². The van der Waals surface area contributed by atoms with E-state index in [1.807, 2.05) is 0 Å². The number of rotatable bonds is 9. The van der Waals surface area contributed by atoms with Gasteiger partial charge in [-0.2, -0.15) is 0 Å². The van der Waals surface area contributed by atoms with Crippen LogP contribution in [0.5, 0.6) is 0 Å². The zero-order chi connectivity index (χ0) is 23.3. The number of aliphatic hydroxyl groups is 1. The number of nitrogens with one attached hydrogen (secondary N) is 2. The summed E-state index contributed by atoms with van der Waals surface area (Å²) < 4.78 is 20.0. The Balaban J connectivity index is 1.67. The molecule has 3 amide bonds. The molecule has 2 atom stereocenters. The summed E-state index contributed by atoms with van der Waals surface area (Å²) in [5, 5.41) is 14.6. The summed E-state index contributed by atoms with van der Waals surface area (Å²) >= 11 is 0. The van der Waals surface area contributed by atoms with E-state index in [0.29, 0.717) is 23.4 Å². The number of nitrogens with zero attached hydrogens (tertiary/aromatic N) is 1. The molecule has 32 heavy (non-hydrogen) atoms.